The number of nitrogens with two attached hydrogens (primary N) is 1. The Kier molecular flexibility index (Phi) is 3.58. The lowest BCUT2D eigenvalue weighted by molar-refractivity contribution is 0.0600. The zero-order valence-corrected chi connectivity index (χ0v) is 9.93. The number of carbonyl (C=O) groups is 1. The van der Waals surface area contributed by atoms with E-state index in [-0.39, 0.29) is 12.0 Å². The van der Waals surface area contributed by atoms with Crippen LogP contribution in [0.25, 0.3) is 0 Å². The van der Waals surface area contributed by atoms with Gasteiger partial charge in [-0.15, -0.1) is 0 Å². The first kappa shape index (κ1) is 11.9. The standard InChI is InChI=1S/C12H17N3O2/c1-17-12(16)9-4-5-14-11(7-9)15-6-2-3-10(13)8-15/h4-5,7,10H,2-3,6,8,13H2,1H3/t10-/m0/s1. The molecule has 1 saturated heterocycles. The van der Waals surface area contributed by atoms with Gasteiger partial charge in [0.05, 0.1) is 12.7 Å². The molecule has 0 amide bonds. The van der Waals surface area contributed by atoms with Gasteiger partial charge < -0.3 is 15.4 Å². The predicted molar refractivity (Wildman–Crippen MR) is 65.0 cm³/mol. The van der Waals surface area contributed by atoms with E-state index in [0.717, 1.165) is 31.7 Å². The molecule has 1 aliphatic heterocycles. The molecule has 2 N–H and O–H groups in total. The van der Waals surface area contributed by atoms with Crippen molar-refractivity contribution in [1.29, 1.82) is 0 Å². The molecule has 17 heavy (non-hydrogen) atoms. The zero-order valence-electron chi connectivity index (χ0n) is 9.93. The quantitative estimate of drug-likeness (QED) is 0.768. The Hall–Kier alpha value is -1.62. The van der Waals surface area contributed by atoms with Gasteiger partial charge in [0.2, 0.25) is 0 Å². The molecule has 0 unspecified atom stereocenters. The number of aromatic nitrogens is 1. The Bertz CT molecular complexity index is 408. The van der Waals surface area contributed by atoms with Crippen molar-refractivity contribution in [2.75, 3.05) is 25.1 Å². The van der Waals surface area contributed by atoms with Crippen LogP contribution in [0.2, 0.25) is 0 Å². The molecule has 0 radical (unpaired) electrons. The number of rotatable bonds is 2. The van der Waals surface area contributed by atoms with Crippen LogP contribution in [0.4, 0.5) is 5.82 Å². The summed E-state index contributed by atoms with van der Waals surface area (Å²) in [6, 6.07) is 3.59. The first-order valence-electron chi connectivity index (χ1n) is 5.75. The highest BCUT2D eigenvalue weighted by Gasteiger charge is 2.18. The molecule has 92 valence electrons. The molecule has 1 atom stereocenters. The molecule has 1 aromatic heterocycles. The summed E-state index contributed by atoms with van der Waals surface area (Å²) < 4.78 is 4.69. The summed E-state index contributed by atoms with van der Waals surface area (Å²) in [5, 5.41) is 0. The minimum absolute atomic E-state index is 0.187. The predicted octanol–water partition coefficient (Wildman–Crippen LogP) is 0.796. The number of piperidine rings is 1. The van der Waals surface area contributed by atoms with Crippen LogP contribution >= 0.6 is 0 Å². The highest BCUT2D eigenvalue weighted by atomic mass is 16.5. The van der Waals surface area contributed by atoms with Crippen molar-refractivity contribution >= 4 is 11.8 Å². The van der Waals surface area contributed by atoms with E-state index in [4.69, 9.17) is 5.73 Å². The molecular weight excluding hydrogens is 218 g/mol. The molecule has 0 aliphatic carbocycles. The van der Waals surface area contributed by atoms with Crippen molar-refractivity contribution < 1.29 is 9.53 Å². The molecule has 0 bridgehead atoms. The number of carbonyl (C=O) groups excluding carboxylic acids is 1. The average Bonchev–Trinajstić information content (AvgIpc) is 2.38. The molecule has 0 aromatic carbocycles. The molecule has 1 aliphatic rings. The molecule has 2 rings (SSSR count). The van der Waals surface area contributed by atoms with Crippen LogP contribution in [-0.2, 0) is 4.74 Å². The smallest absolute Gasteiger partial charge is 0.338 e. The third kappa shape index (κ3) is 2.74. The summed E-state index contributed by atoms with van der Waals surface area (Å²) in [6.45, 7) is 1.73. The Morgan fingerprint density at radius 1 is 1.65 bits per heavy atom. The van der Waals surface area contributed by atoms with Crippen LogP contribution in [0.1, 0.15) is 23.2 Å². The van der Waals surface area contributed by atoms with Crippen molar-refractivity contribution in [1.82, 2.24) is 4.98 Å². The minimum Gasteiger partial charge on any atom is -0.465 e. The molecule has 2 heterocycles. The molecule has 0 spiro atoms. The van der Waals surface area contributed by atoms with Gasteiger partial charge in [0.25, 0.3) is 0 Å². The number of esters is 1. The van der Waals surface area contributed by atoms with Gasteiger partial charge in [-0.3, -0.25) is 0 Å². The number of ether oxygens (including phenoxy) is 1. The van der Waals surface area contributed by atoms with E-state index in [1.807, 2.05) is 0 Å². The van der Waals surface area contributed by atoms with E-state index in [2.05, 4.69) is 14.6 Å². The van der Waals surface area contributed by atoms with Crippen molar-refractivity contribution in [3.63, 3.8) is 0 Å². The molecule has 1 aromatic rings. The van der Waals surface area contributed by atoms with Gasteiger partial charge in [-0.1, -0.05) is 0 Å². The summed E-state index contributed by atoms with van der Waals surface area (Å²) in [7, 11) is 1.37. The van der Waals surface area contributed by atoms with Crippen LogP contribution in [-0.4, -0.2) is 37.2 Å². The third-order valence-corrected chi connectivity index (χ3v) is 2.95. The van der Waals surface area contributed by atoms with Crippen LogP contribution in [0, 0.1) is 0 Å². The first-order valence-corrected chi connectivity index (χ1v) is 5.75. The van der Waals surface area contributed by atoms with Gasteiger partial charge in [-0.2, -0.15) is 0 Å². The second kappa shape index (κ2) is 5.14. The van der Waals surface area contributed by atoms with Crippen molar-refractivity contribution in [2.24, 2.45) is 5.73 Å². The number of methoxy groups -OCH3 is 1. The maximum Gasteiger partial charge on any atom is 0.338 e. The Balaban J connectivity index is 2.17. The van der Waals surface area contributed by atoms with Gasteiger partial charge >= 0.3 is 5.97 Å². The largest absolute Gasteiger partial charge is 0.465 e. The molecule has 5 heteroatoms. The van der Waals surface area contributed by atoms with Gasteiger partial charge in [-0.05, 0) is 25.0 Å². The highest BCUT2D eigenvalue weighted by molar-refractivity contribution is 5.90. The summed E-state index contributed by atoms with van der Waals surface area (Å²) in [5.74, 6) is 0.456. The summed E-state index contributed by atoms with van der Waals surface area (Å²) in [5.41, 5.74) is 6.45. The maximum atomic E-state index is 11.4. The van der Waals surface area contributed by atoms with E-state index in [1.54, 1.807) is 18.3 Å². The van der Waals surface area contributed by atoms with Gasteiger partial charge in [0, 0.05) is 25.3 Å². The number of nitrogens with zero attached hydrogens (tertiary/aromatic N) is 2. The minimum atomic E-state index is -0.338. The zero-order chi connectivity index (χ0) is 12.3. The number of hydrogen-bond donors (Lipinski definition) is 1. The van der Waals surface area contributed by atoms with Crippen molar-refractivity contribution in [2.45, 2.75) is 18.9 Å². The lowest BCUT2D eigenvalue weighted by Crippen LogP contribution is -2.43. The van der Waals surface area contributed by atoms with E-state index in [0.29, 0.717) is 5.56 Å². The Morgan fingerprint density at radius 2 is 2.47 bits per heavy atom. The number of anilines is 1. The van der Waals surface area contributed by atoms with Crippen LogP contribution in [0.15, 0.2) is 18.3 Å². The van der Waals surface area contributed by atoms with Crippen LogP contribution in [0.5, 0.6) is 0 Å². The van der Waals surface area contributed by atoms with E-state index < -0.39 is 0 Å². The van der Waals surface area contributed by atoms with E-state index >= 15 is 0 Å². The monoisotopic (exact) mass is 235 g/mol. The van der Waals surface area contributed by atoms with Gasteiger partial charge in [-0.25, -0.2) is 9.78 Å². The molecule has 5 nitrogen and oxygen atoms in total. The third-order valence-electron chi connectivity index (χ3n) is 2.95. The fourth-order valence-corrected chi connectivity index (χ4v) is 2.05. The summed E-state index contributed by atoms with van der Waals surface area (Å²) >= 11 is 0. The lowest BCUT2D eigenvalue weighted by Gasteiger charge is -2.31. The number of pyridine rings is 1. The van der Waals surface area contributed by atoms with Crippen LogP contribution in [0.3, 0.4) is 0 Å². The summed E-state index contributed by atoms with van der Waals surface area (Å²) in [6.07, 6.45) is 3.74. The van der Waals surface area contributed by atoms with Crippen molar-refractivity contribution in [3.8, 4) is 0 Å². The highest BCUT2D eigenvalue weighted by Crippen LogP contribution is 2.18. The topological polar surface area (TPSA) is 68.5 Å². The average molecular weight is 235 g/mol. The normalized spacial score (nSPS) is 20.1. The van der Waals surface area contributed by atoms with Crippen molar-refractivity contribution in [3.05, 3.63) is 23.9 Å². The van der Waals surface area contributed by atoms with Gasteiger partial charge in [0.1, 0.15) is 5.82 Å². The first-order chi connectivity index (χ1) is 8.20. The van der Waals surface area contributed by atoms with E-state index in [9.17, 15) is 4.79 Å². The Morgan fingerprint density at radius 3 is 3.18 bits per heavy atom. The maximum absolute atomic E-state index is 11.4. The van der Waals surface area contributed by atoms with Crippen LogP contribution < -0.4 is 10.6 Å². The molecule has 0 saturated carbocycles. The SMILES string of the molecule is COC(=O)c1ccnc(N2CCC[C@H](N)C2)c1. The second-order valence-electron chi connectivity index (χ2n) is 4.24. The molecule has 1 fully saturated rings. The summed E-state index contributed by atoms with van der Waals surface area (Å²) in [4.78, 5) is 17.8. The number of hydrogen-bond acceptors (Lipinski definition) is 5. The van der Waals surface area contributed by atoms with Gasteiger partial charge in [0.15, 0.2) is 0 Å². The second-order valence-corrected chi connectivity index (χ2v) is 4.24. The lowest BCUT2D eigenvalue weighted by atomic mass is 10.1. The molecular formula is C12H17N3O2. The Labute approximate surface area is 101 Å². The fourth-order valence-electron chi connectivity index (χ4n) is 2.05. The van der Waals surface area contributed by atoms with E-state index in [1.165, 1.54) is 7.11 Å². The fraction of sp³-hybridized carbons (Fsp3) is 0.500.